The number of rotatable bonds is 8. The van der Waals surface area contributed by atoms with Crippen LogP contribution in [0.1, 0.15) is 37.3 Å². The van der Waals surface area contributed by atoms with Gasteiger partial charge in [-0.2, -0.15) is 0 Å². The summed E-state index contributed by atoms with van der Waals surface area (Å²) in [5, 5.41) is 15.9. The zero-order valence-electron chi connectivity index (χ0n) is 16.0. The van der Waals surface area contributed by atoms with Crippen LogP contribution in [0.5, 0.6) is 5.75 Å². The third kappa shape index (κ3) is 4.73. The number of nitrogens with one attached hydrogen (secondary N) is 1. The van der Waals surface area contributed by atoms with Crippen LogP contribution >= 0.6 is 23.4 Å². The topological polar surface area (TPSA) is 95.1 Å². The zero-order chi connectivity index (χ0) is 20.4. The monoisotopic (exact) mass is 433 g/mol. The smallest absolute Gasteiger partial charge is 0.240 e. The fourth-order valence-corrected chi connectivity index (χ4v) is 3.88. The molecule has 1 N–H and O–H groups in total. The van der Waals surface area contributed by atoms with Crippen LogP contribution in [0.4, 0.5) is 5.88 Å². The number of carbonyl (C=O) groups excluding carboxylic acids is 1. The molecule has 1 aliphatic rings. The third-order valence-electron chi connectivity index (χ3n) is 4.37. The molecule has 1 amide bonds. The minimum atomic E-state index is -0.389. The van der Waals surface area contributed by atoms with Crippen molar-refractivity contribution in [2.24, 2.45) is 0 Å². The molecule has 1 atom stereocenters. The molecule has 152 valence electrons. The molecule has 0 radical (unpaired) electrons. The van der Waals surface area contributed by atoms with Crippen molar-refractivity contribution in [1.29, 1.82) is 0 Å². The molecular formula is C19H20ClN5O3S. The van der Waals surface area contributed by atoms with E-state index in [2.05, 4.69) is 25.2 Å². The lowest BCUT2D eigenvalue weighted by Crippen LogP contribution is -2.22. The predicted octanol–water partition coefficient (Wildman–Crippen LogP) is 4.26. The van der Waals surface area contributed by atoms with E-state index in [4.69, 9.17) is 20.9 Å². The van der Waals surface area contributed by atoms with Gasteiger partial charge in [0.15, 0.2) is 11.0 Å². The van der Waals surface area contributed by atoms with Gasteiger partial charge in [-0.05, 0) is 38.8 Å². The third-order valence-corrected chi connectivity index (χ3v) is 5.74. The van der Waals surface area contributed by atoms with E-state index in [1.54, 1.807) is 19.1 Å². The highest BCUT2D eigenvalue weighted by molar-refractivity contribution is 8.00. The SMILES string of the molecule is Cc1cc(NC(=O)[C@@H](C)Sc2nnc(COc3ccccc3Cl)n2C2CC2)on1. The normalized spacial score (nSPS) is 14.6. The van der Waals surface area contributed by atoms with Gasteiger partial charge in [0, 0.05) is 12.1 Å². The van der Waals surface area contributed by atoms with Gasteiger partial charge in [-0.25, -0.2) is 0 Å². The Labute approximate surface area is 177 Å². The molecule has 1 saturated carbocycles. The molecule has 3 aromatic rings. The molecule has 10 heteroatoms. The molecule has 29 heavy (non-hydrogen) atoms. The van der Waals surface area contributed by atoms with Crippen LogP contribution in [0.15, 0.2) is 40.0 Å². The number of hydrogen-bond donors (Lipinski definition) is 1. The molecule has 8 nitrogen and oxygen atoms in total. The molecule has 2 aromatic heterocycles. The van der Waals surface area contributed by atoms with E-state index in [9.17, 15) is 4.79 Å². The summed E-state index contributed by atoms with van der Waals surface area (Å²) in [4.78, 5) is 12.5. The van der Waals surface area contributed by atoms with Gasteiger partial charge < -0.3 is 9.26 Å². The summed E-state index contributed by atoms with van der Waals surface area (Å²) in [6, 6.07) is 9.32. The van der Waals surface area contributed by atoms with Crippen molar-refractivity contribution < 1.29 is 14.1 Å². The fourth-order valence-electron chi connectivity index (χ4n) is 2.75. The van der Waals surface area contributed by atoms with E-state index in [-0.39, 0.29) is 17.8 Å². The van der Waals surface area contributed by atoms with Crippen molar-refractivity contribution in [3.8, 4) is 5.75 Å². The van der Waals surface area contributed by atoms with Crippen molar-refractivity contribution in [2.75, 3.05) is 5.32 Å². The van der Waals surface area contributed by atoms with E-state index in [1.165, 1.54) is 11.8 Å². The first kappa shape index (κ1) is 19.8. The van der Waals surface area contributed by atoms with E-state index >= 15 is 0 Å². The highest BCUT2D eigenvalue weighted by atomic mass is 35.5. The van der Waals surface area contributed by atoms with Crippen molar-refractivity contribution in [2.45, 2.75) is 49.7 Å². The number of anilines is 1. The average molecular weight is 434 g/mol. The van der Waals surface area contributed by atoms with Gasteiger partial charge in [0.1, 0.15) is 12.4 Å². The van der Waals surface area contributed by atoms with E-state index in [0.29, 0.717) is 39.4 Å². The second-order valence-corrected chi connectivity index (χ2v) is 8.52. The Morgan fingerprint density at radius 3 is 2.90 bits per heavy atom. The molecular weight excluding hydrogens is 414 g/mol. The number of aryl methyl sites for hydroxylation is 1. The second-order valence-electron chi connectivity index (χ2n) is 6.80. The van der Waals surface area contributed by atoms with Gasteiger partial charge in [0.25, 0.3) is 0 Å². The van der Waals surface area contributed by atoms with Gasteiger partial charge in [-0.15, -0.1) is 10.2 Å². The second kappa shape index (κ2) is 8.46. The summed E-state index contributed by atoms with van der Waals surface area (Å²) < 4.78 is 12.9. The van der Waals surface area contributed by atoms with Crippen molar-refractivity contribution in [3.05, 3.63) is 46.9 Å². The molecule has 2 heterocycles. The first-order valence-electron chi connectivity index (χ1n) is 9.23. The Kier molecular flexibility index (Phi) is 5.77. The Hall–Kier alpha value is -2.52. The number of hydrogen-bond acceptors (Lipinski definition) is 7. The van der Waals surface area contributed by atoms with Crippen molar-refractivity contribution >= 4 is 35.2 Å². The summed E-state index contributed by atoms with van der Waals surface area (Å²) in [5.74, 6) is 1.46. The lowest BCUT2D eigenvalue weighted by molar-refractivity contribution is -0.115. The van der Waals surface area contributed by atoms with Crippen molar-refractivity contribution in [3.63, 3.8) is 0 Å². The van der Waals surface area contributed by atoms with E-state index < -0.39 is 0 Å². The number of amides is 1. The number of carbonyl (C=O) groups is 1. The lowest BCUT2D eigenvalue weighted by atomic mass is 10.3. The van der Waals surface area contributed by atoms with Crippen LogP contribution < -0.4 is 10.1 Å². The van der Waals surface area contributed by atoms with Crippen molar-refractivity contribution in [1.82, 2.24) is 19.9 Å². The number of aromatic nitrogens is 4. The predicted molar refractivity (Wildman–Crippen MR) is 109 cm³/mol. The number of nitrogens with zero attached hydrogens (tertiary/aromatic N) is 4. The average Bonchev–Trinajstić information content (AvgIpc) is 3.34. The Morgan fingerprint density at radius 1 is 1.41 bits per heavy atom. The largest absolute Gasteiger partial charge is 0.484 e. The Morgan fingerprint density at radius 2 is 2.21 bits per heavy atom. The molecule has 1 fully saturated rings. The molecule has 1 aliphatic carbocycles. The Balaban J connectivity index is 1.43. The van der Waals surface area contributed by atoms with Crippen LogP contribution in [-0.2, 0) is 11.4 Å². The lowest BCUT2D eigenvalue weighted by Gasteiger charge is -2.13. The molecule has 0 saturated heterocycles. The number of para-hydroxylation sites is 1. The summed E-state index contributed by atoms with van der Waals surface area (Å²) in [7, 11) is 0. The standard InChI is InChI=1S/C19H20ClN5O3S/c1-11-9-17(28-24-11)21-18(26)12(2)29-19-23-22-16(25(19)13-7-8-13)10-27-15-6-4-3-5-14(15)20/h3-6,9,12-13H,7-8,10H2,1-2H3,(H,21,26)/t12-/m1/s1. The van der Waals surface area contributed by atoms with Crippen LogP contribution in [0, 0.1) is 6.92 Å². The Bertz CT molecular complexity index is 1020. The maximum Gasteiger partial charge on any atom is 0.240 e. The number of thioether (sulfide) groups is 1. The molecule has 0 bridgehead atoms. The first-order chi connectivity index (χ1) is 14.0. The number of ether oxygens (including phenoxy) is 1. The van der Waals surface area contributed by atoms with Gasteiger partial charge >= 0.3 is 0 Å². The van der Waals surface area contributed by atoms with Crippen LogP contribution in [0.25, 0.3) is 0 Å². The summed E-state index contributed by atoms with van der Waals surface area (Å²) >= 11 is 7.51. The summed E-state index contributed by atoms with van der Waals surface area (Å²) in [6.45, 7) is 3.86. The molecule has 1 aromatic carbocycles. The van der Waals surface area contributed by atoms with E-state index in [1.807, 2.05) is 25.1 Å². The quantitative estimate of drug-likeness (QED) is 0.530. The number of halogens is 1. The minimum absolute atomic E-state index is 0.189. The van der Waals surface area contributed by atoms with Gasteiger partial charge in [0.2, 0.25) is 11.8 Å². The molecule has 0 spiro atoms. The van der Waals surface area contributed by atoms with Crippen LogP contribution in [0.3, 0.4) is 0 Å². The maximum atomic E-state index is 12.5. The van der Waals surface area contributed by atoms with Crippen LogP contribution in [-0.4, -0.2) is 31.1 Å². The van der Waals surface area contributed by atoms with E-state index in [0.717, 1.165) is 12.8 Å². The maximum absolute atomic E-state index is 12.5. The molecule has 4 rings (SSSR count). The zero-order valence-corrected chi connectivity index (χ0v) is 17.5. The molecule has 0 unspecified atom stereocenters. The minimum Gasteiger partial charge on any atom is -0.484 e. The first-order valence-corrected chi connectivity index (χ1v) is 10.5. The molecule has 0 aliphatic heterocycles. The van der Waals surface area contributed by atoms with Gasteiger partial charge in [-0.3, -0.25) is 14.7 Å². The summed E-state index contributed by atoms with van der Waals surface area (Å²) in [5.41, 5.74) is 0.706. The van der Waals surface area contributed by atoms with Crippen LogP contribution in [0.2, 0.25) is 5.02 Å². The fraction of sp³-hybridized carbons (Fsp3) is 0.368. The number of benzene rings is 1. The summed E-state index contributed by atoms with van der Waals surface area (Å²) in [6.07, 6.45) is 2.12. The highest BCUT2D eigenvalue weighted by Crippen LogP contribution is 2.40. The highest BCUT2D eigenvalue weighted by Gasteiger charge is 2.31. The van der Waals surface area contributed by atoms with Gasteiger partial charge in [-0.1, -0.05) is 40.7 Å². The van der Waals surface area contributed by atoms with Gasteiger partial charge in [0.05, 0.1) is 16.0 Å².